The average Bonchev–Trinajstić information content (AvgIpc) is 3.22. The maximum atomic E-state index is 13.0. The summed E-state index contributed by atoms with van der Waals surface area (Å²) in [6, 6.07) is 19.0. The molecule has 0 spiro atoms. The molecule has 3 aromatic carbocycles. The zero-order valence-corrected chi connectivity index (χ0v) is 20.3. The summed E-state index contributed by atoms with van der Waals surface area (Å²) >= 11 is 0. The molecule has 34 heavy (non-hydrogen) atoms. The molecule has 0 amide bonds. The lowest BCUT2D eigenvalue weighted by Crippen LogP contribution is -2.14. The number of fused-ring (bicyclic) bond motifs is 1. The third-order valence-electron chi connectivity index (χ3n) is 5.33. The molecule has 0 atom stereocenters. The van der Waals surface area contributed by atoms with E-state index < -0.39 is 16.0 Å². The van der Waals surface area contributed by atoms with Gasteiger partial charge in [0.1, 0.15) is 5.82 Å². The fraction of sp³-hybridized carbons (Fsp3) is 0.231. The van der Waals surface area contributed by atoms with Crippen LogP contribution in [0.25, 0.3) is 22.4 Å². The number of hydrogen-bond donors (Lipinski definition) is 2. The van der Waals surface area contributed by atoms with Crippen molar-refractivity contribution in [1.29, 1.82) is 0 Å². The van der Waals surface area contributed by atoms with Crippen LogP contribution in [0.15, 0.2) is 71.6 Å². The van der Waals surface area contributed by atoms with Crippen LogP contribution in [0.5, 0.6) is 0 Å². The molecular formula is C26H27N3O4S. The molecule has 1 aromatic heterocycles. The Hall–Kier alpha value is -3.65. The summed E-state index contributed by atoms with van der Waals surface area (Å²) in [5, 5.41) is 0. The lowest BCUT2D eigenvalue weighted by atomic mass is 10.0. The number of imidazole rings is 1. The van der Waals surface area contributed by atoms with Crippen LogP contribution in [-0.2, 0) is 14.8 Å². The second kappa shape index (κ2) is 9.30. The molecule has 0 saturated carbocycles. The van der Waals surface area contributed by atoms with E-state index in [2.05, 4.69) is 40.7 Å². The SMILES string of the molecule is CC(C)OC(=O)c1ccc(NS(=O)(=O)c2ccc3nc(-c4ccc(C(C)C)cc4)[nH]c3c2)cc1. The van der Waals surface area contributed by atoms with E-state index in [0.717, 1.165) is 5.56 Å². The van der Waals surface area contributed by atoms with Crippen molar-refractivity contribution in [3.05, 3.63) is 77.9 Å². The maximum absolute atomic E-state index is 13.0. The van der Waals surface area contributed by atoms with E-state index in [9.17, 15) is 13.2 Å². The fourth-order valence-corrected chi connectivity index (χ4v) is 4.57. The molecule has 0 bridgehead atoms. The zero-order chi connectivity index (χ0) is 24.5. The van der Waals surface area contributed by atoms with Crippen LogP contribution in [0.4, 0.5) is 5.69 Å². The molecular weight excluding hydrogens is 450 g/mol. The third kappa shape index (κ3) is 5.12. The lowest BCUT2D eigenvalue weighted by molar-refractivity contribution is 0.0378. The zero-order valence-electron chi connectivity index (χ0n) is 19.5. The molecule has 8 heteroatoms. The molecule has 0 saturated heterocycles. The Morgan fingerprint density at radius 2 is 1.62 bits per heavy atom. The molecule has 0 fully saturated rings. The number of aromatic nitrogens is 2. The maximum Gasteiger partial charge on any atom is 0.338 e. The van der Waals surface area contributed by atoms with Crippen molar-refractivity contribution in [3.63, 3.8) is 0 Å². The number of nitrogens with one attached hydrogen (secondary N) is 2. The molecule has 4 aromatic rings. The predicted octanol–water partition coefficient (Wildman–Crippen LogP) is 5.72. The van der Waals surface area contributed by atoms with Crippen molar-refractivity contribution in [2.75, 3.05) is 4.72 Å². The van der Waals surface area contributed by atoms with Gasteiger partial charge in [0.2, 0.25) is 0 Å². The first-order chi connectivity index (χ1) is 16.1. The minimum Gasteiger partial charge on any atom is -0.459 e. The summed E-state index contributed by atoms with van der Waals surface area (Å²) in [5.74, 6) is 0.662. The molecule has 7 nitrogen and oxygen atoms in total. The van der Waals surface area contributed by atoms with Crippen LogP contribution < -0.4 is 4.72 Å². The smallest absolute Gasteiger partial charge is 0.338 e. The number of carbonyl (C=O) groups is 1. The van der Waals surface area contributed by atoms with Gasteiger partial charge in [0.15, 0.2) is 0 Å². The van der Waals surface area contributed by atoms with Crippen LogP contribution in [0.3, 0.4) is 0 Å². The van der Waals surface area contributed by atoms with Gasteiger partial charge >= 0.3 is 5.97 Å². The van der Waals surface area contributed by atoms with Gasteiger partial charge in [0.05, 0.1) is 27.6 Å². The number of hydrogen-bond acceptors (Lipinski definition) is 5. The second-order valence-electron chi connectivity index (χ2n) is 8.68. The Labute approximate surface area is 199 Å². The van der Waals surface area contributed by atoms with Gasteiger partial charge in [-0.1, -0.05) is 38.1 Å². The quantitative estimate of drug-likeness (QED) is 0.332. The van der Waals surface area contributed by atoms with E-state index >= 15 is 0 Å². The topological polar surface area (TPSA) is 101 Å². The number of aromatic amines is 1. The van der Waals surface area contributed by atoms with Crippen molar-refractivity contribution in [2.45, 2.75) is 44.6 Å². The van der Waals surface area contributed by atoms with E-state index in [1.807, 2.05) is 12.1 Å². The van der Waals surface area contributed by atoms with E-state index in [1.165, 1.54) is 35.9 Å². The molecule has 0 aliphatic heterocycles. The van der Waals surface area contributed by atoms with Crippen LogP contribution in [-0.4, -0.2) is 30.5 Å². The highest BCUT2D eigenvalue weighted by atomic mass is 32.2. The fourth-order valence-electron chi connectivity index (χ4n) is 3.49. The van der Waals surface area contributed by atoms with E-state index in [1.54, 1.807) is 26.0 Å². The first-order valence-corrected chi connectivity index (χ1v) is 12.5. The number of H-pyrrole nitrogens is 1. The Morgan fingerprint density at radius 1 is 0.941 bits per heavy atom. The standard InChI is InChI=1S/C26H27N3O4S/c1-16(2)18-5-7-19(8-6-18)25-27-23-14-13-22(15-24(23)28-25)34(31,32)29-21-11-9-20(10-12-21)26(30)33-17(3)4/h5-17,29H,1-4H3,(H,27,28). The highest BCUT2D eigenvalue weighted by molar-refractivity contribution is 7.92. The number of ether oxygens (including phenoxy) is 1. The number of nitrogens with zero attached hydrogens (tertiary/aromatic N) is 1. The monoisotopic (exact) mass is 477 g/mol. The Morgan fingerprint density at radius 3 is 2.24 bits per heavy atom. The Bertz CT molecular complexity index is 1420. The van der Waals surface area contributed by atoms with Gasteiger partial charge < -0.3 is 9.72 Å². The van der Waals surface area contributed by atoms with E-state index in [0.29, 0.717) is 34.0 Å². The minimum absolute atomic E-state index is 0.105. The Balaban J connectivity index is 1.55. The summed E-state index contributed by atoms with van der Waals surface area (Å²) in [5.41, 5.74) is 4.16. The number of esters is 1. The highest BCUT2D eigenvalue weighted by Gasteiger charge is 2.17. The third-order valence-corrected chi connectivity index (χ3v) is 6.71. The van der Waals surface area contributed by atoms with Gasteiger partial charge in [-0.3, -0.25) is 4.72 Å². The molecule has 4 rings (SSSR count). The van der Waals surface area contributed by atoms with Gasteiger partial charge in [-0.05, 0) is 67.8 Å². The highest BCUT2D eigenvalue weighted by Crippen LogP contribution is 2.25. The van der Waals surface area contributed by atoms with Crippen LogP contribution in [0.2, 0.25) is 0 Å². The van der Waals surface area contributed by atoms with E-state index in [4.69, 9.17) is 4.74 Å². The summed E-state index contributed by atoms with van der Waals surface area (Å²) in [4.78, 5) is 19.9. The predicted molar refractivity (Wildman–Crippen MR) is 133 cm³/mol. The van der Waals surface area contributed by atoms with Crippen molar-refractivity contribution in [2.24, 2.45) is 0 Å². The lowest BCUT2D eigenvalue weighted by Gasteiger charge is -2.10. The summed E-state index contributed by atoms with van der Waals surface area (Å²) in [6.45, 7) is 7.81. The molecule has 0 aliphatic carbocycles. The van der Waals surface area contributed by atoms with Gasteiger partial charge in [0.25, 0.3) is 10.0 Å². The summed E-state index contributed by atoms with van der Waals surface area (Å²) in [6.07, 6.45) is -0.233. The van der Waals surface area contributed by atoms with Crippen molar-refractivity contribution in [3.8, 4) is 11.4 Å². The number of sulfonamides is 1. The number of benzene rings is 3. The second-order valence-corrected chi connectivity index (χ2v) is 10.4. The van der Waals surface area contributed by atoms with Crippen molar-refractivity contribution in [1.82, 2.24) is 9.97 Å². The van der Waals surface area contributed by atoms with Gasteiger partial charge in [-0.15, -0.1) is 0 Å². The summed E-state index contributed by atoms with van der Waals surface area (Å²) in [7, 11) is -3.84. The van der Waals surface area contributed by atoms with E-state index in [-0.39, 0.29) is 11.0 Å². The van der Waals surface area contributed by atoms with Crippen LogP contribution in [0.1, 0.15) is 49.5 Å². The molecule has 0 aliphatic rings. The van der Waals surface area contributed by atoms with Crippen LogP contribution >= 0.6 is 0 Å². The first-order valence-electron chi connectivity index (χ1n) is 11.1. The Kier molecular flexibility index (Phi) is 6.43. The number of carbonyl (C=O) groups excluding carboxylic acids is 1. The molecule has 0 unspecified atom stereocenters. The molecule has 176 valence electrons. The minimum atomic E-state index is -3.84. The molecule has 2 N–H and O–H groups in total. The first kappa shape index (κ1) is 23.5. The normalized spacial score (nSPS) is 11.8. The molecule has 0 radical (unpaired) electrons. The number of anilines is 1. The average molecular weight is 478 g/mol. The van der Waals surface area contributed by atoms with Crippen LogP contribution in [0, 0.1) is 0 Å². The molecule has 1 heterocycles. The van der Waals surface area contributed by atoms with Gasteiger partial charge in [-0.25, -0.2) is 18.2 Å². The van der Waals surface area contributed by atoms with Gasteiger partial charge in [0, 0.05) is 11.3 Å². The number of rotatable bonds is 7. The van der Waals surface area contributed by atoms with Gasteiger partial charge in [-0.2, -0.15) is 0 Å². The van der Waals surface area contributed by atoms with Crippen molar-refractivity contribution >= 4 is 32.7 Å². The largest absolute Gasteiger partial charge is 0.459 e. The van der Waals surface area contributed by atoms with Crippen molar-refractivity contribution < 1.29 is 17.9 Å². The summed E-state index contributed by atoms with van der Waals surface area (Å²) < 4.78 is 33.6.